The molecule has 0 aromatic rings. The molecule has 0 bridgehead atoms. The molecule has 0 aliphatic heterocycles. The summed E-state index contributed by atoms with van der Waals surface area (Å²) in [5.41, 5.74) is 6.35. The molecule has 0 radical (unpaired) electrons. The molecule has 0 fully saturated rings. The van der Waals surface area contributed by atoms with Gasteiger partial charge in [0, 0.05) is 6.04 Å². The number of hydrogen-bond donors (Lipinski definition) is 1. The molecule has 0 heterocycles. The van der Waals surface area contributed by atoms with E-state index in [1.54, 1.807) is 0 Å². The maximum absolute atomic E-state index is 6.35. The molecule has 0 aromatic carbocycles. The van der Waals surface area contributed by atoms with Crippen LogP contribution in [0.1, 0.15) is 122 Å². The van der Waals surface area contributed by atoms with E-state index in [9.17, 15) is 0 Å². The second-order valence-corrected chi connectivity index (χ2v) is 8.21. The van der Waals surface area contributed by atoms with Gasteiger partial charge < -0.3 is 5.73 Å². The number of nitrogens with two attached hydrogens (primary N) is 1. The van der Waals surface area contributed by atoms with Gasteiger partial charge in [-0.05, 0) is 25.2 Å². The Morgan fingerprint density at radius 3 is 1.30 bits per heavy atom. The molecule has 162 valence electrons. The van der Waals surface area contributed by atoms with Crippen molar-refractivity contribution in [3.8, 4) is 0 Å². The first-order valence-electron chi connectivity index (χ1n) is 11.7. The average Bonchev–Trinajstić information content (AvgIpc) is 2.64. The molecule has 0 aliphatic rings. The van der Waals surface area contributed by atoms with Crippen molar-refractivity contribution in [3.63, 3.8) is 0 Å². The molecule has 0 saturated heterocycles. The summed E-state index contributed by atoms with van der Waals surface area (Å²) in [5, 5.41) is 0. The van der Waals surface area contributed by atoms with Crippen LogP contribution in [0.5, 0.6) is 0 Å². The highest BCUT2D eigenvalue weighted by Crippen LogP contribution is 2.19. The number of hydrogen-bond acceptors (Lipinski definition) is 1. The van der Waals surface area contributed by atoms with Crippen LogP contribution in [0, 0.1) is 5.92 Å². The maximum Gasteiger partial charge on any atom is 0.00730 e. The molecule has 2 heteroatoms. The van der Waals surface area contributed by atoms with Gasteiger partial charge in [0.15, 0.2) is 0 Å². The highest BCUT2D eigenvalue weighted by molar-refractivity contribution is 8.93. The van der Waals surface area contributed by atoms with E-state index in [4.69, 9.17) is 5.73 Å². The van der Waals surface area contributed by atoms with Crippen molar-refractivity contribution in [2.45, 2.75) is 129 Å². The van der Waals surface area contributed by atoms with Gasteiger partial charge in [0.25, 0.3) is 0 Å². The minimum absolute atomic E-state index is 0. The SMILES string of the molecule is Br.C=CCC(CC=C)C(N)CCCCCCCCCCCCCCCCC. The third-order valence-corrected chi connectivity index (χ3v) is 5.69. The fraction of sp³-hybridized carbons (Fsp3) is 0.840. The average molecular weight is 445 g/mol. The summed E-state index contributed by atoms with van der Waals surface area (Å²) in [6.45, 7) is 9.99. The number of rotatable bonds is 21. The van der Waals surface area contributed by atoms with Gasteiger partial charge in [-0.15, -0.1) is 30.1 Å². The van der Waals surface area contributed by atoms with Crippen molar-refractivity contribution in [2.24, 2.45) is 11.7 Å². The minimum Gasteiger partial charge on any atom is -0.327 e. The molecule has 1 atom stereocenters. The molecular weight excluding hydrogens is 394 g/mol. The van der Waals surface area contributed by atoms with Gasteiger partial charge in [-0.3, -0.25) is 0 Å². The van der Waals surface area contributed by atoms with Crippen LogP contribution >= 0.6 is 17.0 Å². The highest BCUT2D eigenvalue weighted by Gasteiger charge is 2.14. The van der Waals surface area contributed by atoms with E-state index in [-0.39, 0.29) is 17.0 Å². The molecule has 0 spiro atoms. The monoisotopic (exact) mass is 443 g/mol. The Balaban J connectivity index is 0. The van der Waals surface area contributed by atoms with Gasteiger partial charge in [0.2, 0.25) is 0 Å². The van der Waals surface area contributed by atoms with E-state index in [1.807, 2.05) is 12.2 Å². The summed E-state index contributed by atoms with van der Waals surface area (Å²) in [6.07, 6.45) is 28.5. The molecule has 0 aliphatic carbocycles. The fourth-order valence-electron chi connectivity index (χ4n) is 3.86. The molecule has 1 nitrogen and oxygen atoms in total. The second kappa shape index (κ2) is 24.0. The summed E-state index contributed by atoms with van der Waals surface area (Å²) in [4.78, 5) is 0. The van der Waals surface area contributed by atoms with Crippen LogP contribution in [-0.4, -0.2) is 6.04 Å². The first-order valence-corrected chi connectivity index (χ1v) is 11.7. The Morgan fingerprint density at radius 2 is 0.963 bits per heavy atom. The van der Waals surface area contributed by atoms with Crippen molar-refractivity contribution in [1.82, 2.24) is 0 Å². The lowest BCUT2D eigenvalue weighted by Crippen LogP contribution is -2.29. The Kier molecular flexibility index (Phi) is 25.8. The molecule has 27 heavy (non-hydrogen) atoms. The van der Waals surface area contributed by atoms with E-state index in [0.717, 1.165) is 19.3 Å². The summed E-state index contributed by atoms with van der Waals surface area (Å²) in [7, 11) is 0. The molecule has 0 rings (SSSR count). The lowest BCUT2D eigenvalue weighted by Gasteiger charge is -2.21. The van der Waals surface area contributed by atoms with Crippen molar-refractivity contribution in [3.05, 3.63) is 25.3 Å². The molecule has 0 amide bonds. The predicted octanol–water partition coefficient (Wildman–Crippen LogP) is 8.92. The van der Waals surface area contributed by atoms with Gasteiger partial charge >= 0.3 is 0 Å². The van der Waals surface area contributed by atoms with E-state index < -0.39 is 0 Å². The topological polar surface area (TPSA) is 26.0 Å². The number of unbranched alkanes of at least 4 members (excludes halogenated alkanes) is 14. The van der Waals surface area contributed by atoms with Gasteiger partial charge in [0.1, 0.15) is 0 Å². The zero-order valence-electron chi connectivity index (χ0n) is 18.4. The van der Waals surface area contributed by atoms with E-state index in [1.165, 1.54) is 96.3 Å². The maximum atomic E-state index is 6.35. The molecule has 1 unspecified atom stereocenters. The zero-order valence-corrected chi connectivity index (χ0v) is 20.2. The van der Waals surface area contributed by atoms with Gasteiger partial charge in [-0.2, -0.15) is 0 Å². The zero-order chi connectivity index (χ0) is 19.3. The molecule has 0 aromatic heterocycles. The van der Waals surface area contributed by atoms with Crippen LogP contribution in [-0.2, 0) is 0 Å². The summed E-state index contributed by atoms with van der Waals surface area (Å²) in [5.74, 6) is 0.539. The highest BCUT2D eigenvalue weighted by atomic mass is 79.9. The lowest BCUT2D eigenvalue weighted by molar-refractivity contribution is 0.391. The lowest BCUT2D eigenvalue weighted by atomic mass is 9.89. The van der Waals surface area contributed by atoms with E-state index in [2.05, 4.69) is 20.1 Å². The predicted molar refractivity (Wildman–Crippen MR) is 131 cm³/mol. The molecular formula is C25H50BrN. The smallest absolute Gasteiger partial charge is 0.00730 e. The largest absolute Gasteiger partial charge is 0.327 e. The first-order chi connectivity index (χ1) is 12.8. The van der Waals surface area contributed by atoms with Crippen LogP contribution in [0.3, 0.4) is 0 Å². The van der Waals surface area contributed by atoms with Crippen molar-refractivity contribution < 1.29 is 0 Å². The first kappa shape index (κ1) is 29.1. The Labute approximate surface area is 182 Å². The van der Waals surface area contributed by atoms with E-state index in [0.29, 0.717) is 12.0 Å². The Bertz CT molecular complexity index is 293. The quantitative estimate of drug-likeness (QED) is 0.139. The minimum atomic E-state index is 0. The van der Waals surface area contributed by atoms with E-state index >= 15 is 0 Å². The Morgan fingerprint density at radius 1 is 0.630 bits per heavy atom. The van der Waals surface area contributed by atoms with Crippen molar-refractivity contribution >= 4 is 17.0 Å². The van der Waals surface area contributed by atoms with Gasteiger partial charge in [-0.1, -0.05) is 115 Å². The van der Waals surface area contributed by atoms with Gasteiger partial charge in [0.05, 0.1) is 0 Å². The molecule has 2 N–H and O–H groups in total. The van der Waals surface area contributed by atoms with Crippen molar-refractivity contribution in [2.75, 3.05) is 0 Å². The summed E-state index contributed by atoms with van der Waals surface area (Å²) in [6, 6.07) is 0.313. The summed E-state index contributed by atoms with van der Waals surface area (Å²) >= 11 is 0. The normalized spacial score (nSPS) is 12.0. The fourth-order valence-corrected chi connectivity index (χ4v) is 3.86. The Hall–Kier alpha value is -0.0800. The number of halogens is 1. The van der Waals surface area contributed by atoms with Crippen LogP contribution in [0.2, 0.25) is 0 Å². The van der Waals surface area contributed by atoms with Crippen molar-refractivity contribution in [1.29, 1.82) is 0 Å². The van der Waals surface area contributed by atoms with Crippen LogP contribution in [0.25, 0.3) is 0 Å². The standard InChI is InChI=1S/C25H49N.BrH/c1-4-7-8-9-10-11-12-13-14-15-16-17-18-19-20-23-25(26)24(21-5-2)22-6-3;/h5-6,24-25H,2-4,7-23,26H2,1H3;1H. The van der Waals surface area contributed by atoms with Gasteiger partial charge in [-0.25, -0.2) is 0 Å². The van der Waals surface area contributed by atoms with Crippen LogP contribution in [0.4, 0.5) is 0 Å². The molecule has 0 saturated carbocycles. The third-order valence-electron chi connectivity index (χ3n) is 5.69. The second-order valence-electron chi connectivity index (χ2n) is 8.21. The summed E-state index contributed by atoms with van der Waals surface area (Å²) < 4.78 is 0. The van der Waals surface area contributed by atoms with Crippen LogP contribution < -0.4 is 5.73 Å². The third kappa shape index (κ3) is 20.5. The van der Waals surface area contributed by atoms with Crippen LogP contribution in [0.15, 0.2) is 25.3 Å². The number of allylic oxidation sites excluding steroid dienone is 2.